The smallest absolute Gasteiger partial charge is 0.264 e. The molecule has 0 unspecified atom stereocenters. The molecule has 9 nitrogen and oxygen atoms in total. The number of carbonyl (C=O) groups excluding carboxylic acids is 1. The Morgan fingerprint density at radius 1 is 1.31 bits per heavy atom. The molecule has 0 atom stereocenters. The van der Waals surface area contributed by atoms with Crippen molar-refractivity contribution in [2.75, 3.05) is 29.4 Å². The number of benzene rings is 2. The molecule has 0 saturated heterocycles. The number of nitrogens with one attached hydrogen (secondary N) is 2. The molecule has 1 amide bonds. The van der Waals surface area contributed by atoms with Crippen LogP contribution in [0.5, 0.6) is 5.75 Å². The second kappa shape index (κ2) is 9.55. The molecular formula is C18H18FN7O2S. The van der Waals surface area contributed by atoms with Crippen LogP contribution in [0.1, 0.15) is 5.56 Å². The van der Waals surface area contributed by atoms with Crippen molar-refractivity contribution in [2.45, 2.75) is 5.16 Å². The highest BCUT2D eigenvalue weighted by molar-refractivity contribution is 7.99. The predicted octanol–water partition coefficient (Wildman–Crippen LogP) is 2.32. The fourth-order valence-corrected chi connectivity index (χ4v) is 2.86. The quantitative estimate of drug-likeness (QED) is 0.223. The Kier molecular flexibility index (Phi) is 6.63. The van der Waals surface area contributed by atoms with Crippen molar-refractivity contribution in [2.24, 2.45) is 5.10 Å². The molecule has 1 aromatic heterocycles. The third-order valence-corrected chi connectivity index (χ3v) is 4.54. The van der Waals surface area contributed by atoms with Crippen LogP contribution < -0.4 is 21.3 Å². The van der Waals surface area contributed by atoms with E-state index in [0.29, 0.717) is 10.8 Å². The molecule has 0 spiro atoms. The van der Waals surface area contributed by atoms with Crippen molar-refractivity contribution in [1.29, 1.82) is 0 Å². The second-order valence-corrected chi connectivity index (χ2v) is 6.61. The average Bonchev–Trinajstić information content (AvgIpc) is 3.06. The number of carbonyl (C=O) groups is 1. The lowest BCUT2D eigenvalue weighted by molar-refractivity contribution is -0.113. The molecule has 0 saturated carbocycles. The van der Waals surface area contributed by atoms with Crippen LogP contribution in [-0.4, -0.2) is 39.9 Å². The summed E-state index contributed by atoms with van der Waals surface area (Å²) < 4.78 is 19.4. The maximum absolute atomic E-state index is 13.1. The molecule has 0 aliphatic carbocycles. The van der Waals surface area contributed by atoms with E-state index in [-0.39, 0.29) is 17.6 Å². The zero-order chi connectivity index (χ0) is 20.6. The topological polar surface area (TPSA) is 119 Å². The summed E-state index contributed by atoms with van der Waals surface area (Å²) in [5.41, 5.74) is 3.92. The lowest BCUT2D eigenvalue weighted by atomic mass is 10.2. The SMILES string of the molecule is COc1ccc(/C=N/Nc2nnc(SCC(=O)Nc3cccc(F)c3)n2N)cc1. The Morgan fingerprint density at radius 2 is 2.10 bits per heavy atom. The molecule has 0 aliphatic heterocycles. The van der Waals surface area contributed by atoms with E-state index in [2.05, 4.69) is 26.0 Å². The molecule has 3 rings (SSSR count). The highest BCUT2D eigenvalue weighted by Gasteiger charge is 2.12. The largest absolute Gasteiger partial charge is 0.497 e. The van der Waals surface area contributed by atoms with Crippen molar-refractivity contribution in [3.8, 4) is 5.75 Å². The van der Waals surface area contributed by atoms with Crippen LogP contribution >= 0.6 is 11.8 Å². The number of rotatable bonds is 8. The number of thioether (sulfide) groups is 1. The summed E-state index contributed by atoms with van der Waals surface area (Å²) in [4.78, 5) is 12.0. The van der Waals surface area contributed by atoms with E-state index in [9.17, 15) is 9.18 Å². The lowest BCUT2D eigenvalue weighted by Gasteiger charge is -2.05. The number of ether oxygens (including phenoxy) is 1. The normalized spacial score (nSPS) is 10.8. The van der Waals surface area contributed by atoms with Crippen LogP contribution in [0.15, 0.2) is 58.8 Å². The molecular weight excluding hydrogens is 397 g/mol. The Bertz CT molecular complexity index is 1010. The average molecular weight is 415 g/mol. The van der Waals surface area contributed by atoms with Gasteiger partial charge in [0, 0.05) is 5.69 Å². The molecule has 0 radical (unpaired) electrons. The van der Waals surface area contributed by atoms with Gasteiger partial charge in [-0.05, 0) is 48.0 Å². The van der Waals surface area contributed by atoms with Gasteiger partial charge < -0.3 is 15.9 Å². The van der Waals surface area contributed by atoms with Gasteiger partial charge in [0.2, 0.25) is 11.1 Å². The number of amides is 1. The summed E-state index contributed by atoms with van der Waals surface area (Å²) in [5, 5.41) is 14.8. The van der Waals surface area contributed by atoms with Gasteiger partial charge in [-0.3, -0.25) is 4.79 Å². The Labute approximate surface area is 170 Å². The van der Waals surface area contributed by atoms with E-state index in [1.165, 1.54) is 22.9 Å². The van der Waals surface area contributed by atoms with Gasteiger partial charge in [-0.15, -0.1) is 10.2 Å². The van der Waals surface area contributed by atoms with E-state index in [0.717, 1.165) is 23.1 Å². The van der Waals surface area contributed by atoms with Crippen LogP contribution in [0.4, 0.5) is 16.0 Å². The number of hydrazone groups is 1. The highest BCUT2D eigenvalue weighted by atomic mass is 32.2. The third-order valence-electron chi connectivity index (χ3n) is 3.60. The van der Waals surface area contributed by atoms with E-state index in [1.54, 1.807) is 19.4 Å². The highest BCUT2D eigenvalue weighted by Crippen LogP contribution is 2.17. The molecule has 29 heavy (non-hydrogen) atoms. The summed E-state index contributed by atoms with van der Waals surface area (Å²) in [6, 6.07) is 13.0. The van der Waals surface area contributed by atoms with Gasteiger partial charge in [0.25, 0.3) is 5.95 Å². The summed E-state index contributed by atoms with van der Waals surface area (Å²) in [6.07, 6.45) is 1.59. The number of methoxy groups -OCH3 is 1. The summed E-state index contributed by atoms with van der Waals surface area (Å²) in [6.45, 7) is 0. The molecule has 4 N–H and O–H groups in total. The molecule has 0 bridgehead atoms. The van der Waals surface area contributed by atoms with Gasteiger partial charge in [0.1, 0.15) is 11.6 Å². The van der Waals surface area contributed by atoms with Crippen LogP contribution in [0.25, 0.3) is 0 Å². The predicted molar refractivity (Wildman–Crippen MR) is 110 cm³/mol. The minimum Gasteiger partial charge on any atom is -0.497 e. The maximum atomic E-state index is 13.1. The van der Waals surface area contributed by atoms with Crippen LogP contribution in [0.3, 0.4) is 0 Å². The standard InChI is InChI=1S/C18H18FN7O2S/c1-28-15-7-5-12(6-8-15)10-21-23-17-24-25-18(26(17)20)29-11-16(27)22-14-4-2-3-13(19)9-14/h2-10H,11,20H2,1H3,(H,22,27)(H,23,24)/b21-10+. The van der Waals surface area contributed by atoms with Gasteiger partial charge in [-0.1, -0.05) is 17.8 Å². The summed E-state index contributed by atoms with van der Waals surface area (Å²) in [5.74, 6) is 6.15. The summed E-state index contributed by atoms with van der Waals surface area (Å²) in [7, 11) is 1.60. The van der Waals surface area contributed by atoms with Gasteiger partial charge in [0.15, 0.2) is 0 Å². The molecule has 0 fully saturated rings. The van der Waals surface area contributed by atoms with Gasteiger partial charge in [-0.2, -0.15) is 5.10 Å². The first-order valence-corrected chi connectivity index (χ1v) is 9.35. The van der Waals surface area contributed by atoms with Crippen molar-refractivity contribution < 1.29 is 13.9 Å². The molecule has 150 valence electrons. The van der Waals surface area contributed by atoms with Gasteiger partial charge in [-0.25, -0.2) is 14.5 Å². The first-order chi connectivity index (χ1) is 14.0. The number of nitrogens with zero attached hydrogens (tertiary/aromatic N) is 4. The van der Waals surface area contributed by atoms with Crippen molar-refractivity contribution in [3.63, 3.8) is 0 Å². The van der Waals surface area contributed by atoms with Gasteiger partial charge >= 0.3 is 0 Å². The van der Waals surface area contributed by atoms with E-state index in [1.807, 2.05) is 24.3 Å². The maximum Gasteiger partial charge on any atom is 0.264 e. The Morgan fingerprint density at radius 3 is 2.83 bits per heavy atom. The molecule has 0 aliphatic rings. The Balaban J connectivity index is 1.52. The number of nitrogen functional groups attached to an aromatic ring is 1. The van der Waals surface area contributed by atoms with E-state index >= 15 is 0 Å². The van der Waals surface area contributed by atoms with Crippen LogP contribution in [-0.2, 0) is 4.79 Å². The number of hydrogen-bond donors (Lipinski definition) is 3. The fourth-order valence-electron chi connectivity index (χ4n) is 2.20. The first-order valence-electron chi connectivity index (χ1n) is 8.37. The zero-order valence-electron chi connectivity index (χ0n) is 15.4. The number of aromatic nitrogens is 3. The minimum absolute atomic E-state index is 0.0287. The third kappa shape index (κ3) is 5.69. The number of halogens is 1. The van der Waals surface area contributed by atoms with Crippen molar-refractivity contribution >= 4 is 35.5 Å². The lowest BCUT2D eigenvalue weighted by Crippen LogP contribution is -2.17. The second-order valence-electron chi connectivity index (χ2n) is 5.67. The summed E-state index contributed by atoms with van der Waals surface area (Å²) >= 11 is 1.09. The van der Waals surface area contributed by atoms with Crippen molar-refractivity contribution in [1.82, 2.24) is 14.9 Å². The van der Waals surface area contributed by atoms with Gasteiger partial charge in [0.05, 0.1) is 19.1 Å². The number of hydrogen-bond acceptors (Lipinski definition) is 8. The van der Waals surface area contributed by atoms with Crippen LogP contribution in [0.2, 0.25) is 0 Å². The monoisotopic (exact) mass is 415 g/mol. The Hall–Kier alpha value is -3.60. The molecule has 1 heterocycles. The molecule has 3 aromatic rings. The minimum atomic E-state index is -0.428. The fraction of sp³-hybridized carbons (Fsp3) is 0.111. The van der Waals surface area contributed by atoms with Crippen molar-refractivity contribution in [3.05, 3.63) is 59.9 Å². The molecule has 11 heteroatoms. The number of nitrogens with two attached hydrogens (primary N) is 1. The van der Waals surface area contributed by atoms with E-state index < -0.39 is 5.82 Å². The first kappa shape index (κ1) is 20.1. The molecule has 2 aromatic carbocycles. The van der Waals surface area contributed by atoms with E-state index in [4.69, 9.17) is 10.6 Å². The zero-order valence-corrected chi connectivity index (χ0v) is 16.2. The number of anilines is 2. The van der Waals surface area contributed by atoms with Crippen LogP contribution in [0, 0.1) is 5.82 Å².